The summed E-state index contributed by atoms with van der Waals surface area (Å²) >= 11 is 0. The molecule has 1 aliphatic heterocycles. The second kappa shape index (κ2) is 8.12. The Morgan fingerprint density at radius 3 is 2.61 bits per heavy atom. The van der Waals surface area contributed by atoms with Crippen LogP contribution in [0, 0.1) is 0 Å². The van der Waals surface area contributed by atoms with E-state index in [1.165, 1.54) is 5.56 Å². The molecule has 0 aromatic heterocycles. The van der Waals surface area contributed by atoms with Crippen LogP contribution in [-0.4, -0.2) is 24.4 Å². The molecule has 0 aliphatic carbocycles. The van der Waals surface area contributed by atoms with E-state index in [0.717, 1.165) is 19.3 Å². The standard InChI is InChI=1S/C17H21N3O3/c1-2-23-16(22)13(14-15(21)20-17(18)19-14)11-7-6-10-12-8-4-3-5-9-12/h3-5,8-9H,2,6-7,10-11H2,1H3,(H3,18,19,20,21). The summed E-state index contributed by atoms with van der Waals surface area (Å²) in [6.07, 6.45) is 3.02. The minimum Gasteiger partial charge on any atom is -0.463 e. The van der Waals surface area contributed by atoms with Gasteiger partial charge < -0.3 is 10.5 Å². The number of hydrogen-bond donors (Lipinski definition) is 2. The number of nitrogens with one attached hydrogen (secondary N) is 1. The smallest absolute Gasteiger partial charge is 0.336 e. The fraction of sp³-hybridized carbons (Fsp3) is 0.353. The molecule has 1 amide bonds. The Morgan fingerprint density at radius 2 is 2.00 bits per heavy atom. The number of unbranched alkanes of at least 4 members (excludes halogenated alkanes) is 1. The third-order valence-corrected chi connectivity index (χ3v) is 3.48. The minimum atomic E-state index is -0.504. The van der Waals surface area contributed by atoms with Crippen LogP contribution in [0.4, 0.5) is 0 Å². The van der Waals surface area contributed by atoms with Crippen LogP contribution in [0.3, 0.4) is 0 Å². The molecule has 0 radical (unpaired) electrons. The van der Waals surface area contributed by atoms with Crippen LogP contribution in [0.5, 0.6) is 0 Å². The molecule has 1 aromatic rings. The topological polar surface area (TPSA) is 93.8 Å². The quantitative estimate of drug-likeness (QED) is 0.454. The minimum absolute atomic E-state index is 0.0103. The monoisotopic (exact) mass is 315 g/mol. The number of guanidine groups is 1. The number of carbonyl (C=O) groups is 2. The van der Waals surface area contributed by atoms with Crippen molar-refractivity contribution in [3.63, 3.8) is 0 Å². The number of carbonyl (C=O) groups excluding carboxylic acids is 2. The summed E-state index contributed by atoms with van der Waals surface area (Å²) in [5.74, 6) is -0.944. The number of hydrogen-bond acceptors (Lipinski definition) is 5. The van der Waals surface area contributed by atoms with Crippen molar-refractivity contribution in [1.29, 1.82) is 0 Å². The first kappa shape index (κ1) is 16.7. The third-order valence-electron chi connectivity index (χ3n) is 3.48. The van der Waals surface area contributed by atoms with Gasteiger partial charge in [0, 0.05) is 0 Å². The zero-order chi connectivity index (χ0) is 16.7. The zero-order valence-electron chi connectivity index (χ0n) is 13.2. The summed E-state index contributed by atoms with van der Waals surface area (Å²) < 4.78 is 5.03. The lowest BCUT2D eigenvalue weighted by molar-refractivity contribution is -0.139. The molecule has 1 aromatic carbocycles. The Labute approximate surface area is 135 Å². The van der Waals surface area contributed by atoms with Crippen molar-refractivity contribution in [3.8, 4) is 0 Å². The van der Waals surface area contributed by atoms with Gasteiger partial charge in [-0.15, -0.1) is 0 Å². The molecule has 0 bridgehead atoms. The molecule has 0 saturated heterocycles. The van der Waals surface area contributed by atoms with E-state index in [9.17, 15) is 9.59 Å². The average molecular weight is 315 g/mol. The lowest BCUT2D eigenvalue weighted by Gasteiger charge is -2.08. The van der Waals surface area contributed by atoms with Gasteiger partial charge in [-0.2, -0.15) is 0 Å². The van der Waals surface area contributed by atoms with Crippen LogP contribution in [0.2, 0.25) is 0 Å². The van der Waals surface area contributed by atoms with Crippen LogP contribution in [0.15, 0.2) is 46.6 Å². The Morgan fingerprint density at radius 1 is 1.26 bits per heavy atom. The molecule has 0 saturated carbocycles. The molecule has 0 spiro atoms. The maximum absolute atomic E-state index is 12.1. The predicted octanol–water partition coefficient (Wildman–Crippen LogP) is 1.66. The van der Waals surface area contributed by atoms with E-state index in [-0.39, 0.29) is 23.8 Å². The summed E-state index contributed by atoms with van der Waals surface area (Å²) in [5, 5.41) is 2.38. The third kappa shape index (κ3) is 4.67. The van der Waals surface area contributed by atoms with Crippen LogP contribution in [0.25, 0.3) is 0 Å². The molecular weight excluding hydrogens is 294 g/mol. The molecule has 0 unspecified atom stereocenters. The lowest BCUT2D eigenvalue weighted by atomic mass is 10.0. The number of nitrogens with two attached hydrogens (primary N) is 1. The largest absolute Gasteiger partial charge is 0.463 e. The second-order valence-corrected chi connectivity index (χ2v) is 5.19. The molecule has 1 heterocycles. The highest BCUT2D eigenvalue weighted by molar-refractivity contribution is 6.14. The average Bonchev–Trinajstić information content (AvgIpc) is 2.87. The van der Waals surface area contributed by atoms with E-state index in [2.05, 4.69) is 22.4 Å². The predicted molar refractivity (Wildman–Crippen MR) is 87.4 cm³/mol. The van der Waals surface area contributed by atoms with Crippen molar-refractivity contribution in [2.24, 2.45) is 10.7 Å². The van der Waals surface area contributed by atoms with Crippen molar-refractivity contribution < 1.29 is 14.3 Å². The summed E-state index contributed by atoms with van der Waals surface area (Å²) in [7, 11) is 0. The number of aryl methyl sites for hydroxylation is 1. The van der Waals surface area contributed by atoms with E-state index < -0.39 is 11.9 Å². The van der Waals surface area contributed by atoms with Gasteiger partial charge >= 0.3 is 5.97 Å². The molecule has 6 nitrogen and oxygen atoms in total. The van der Waals surface area contributed by atoms with Crippen molar-refractivity contribution in [2.45, 2.75) is 32.6 Å². The lowest BCUT2D eigenvalue weighted by Crippen LogP contribution is -2.30. The number of amides is 1. The maximum Gasteiger partial charge on any atom is 0.336 e. The zero-order valence-corrected chi connectivity index (χ0v) is 13.2. The van der Waals surface area contributed by atoms with Crippen molar-refractivity contribution in [3.05, 3.63) is 47.2 Å². The molecule has 2 rings (SSSR count). The highest BCUT2D eigenvalue weighted by Gasteiger charge is 2.26. The number of aliphatic imine (C=N–C) groups is 1. The van der Waals surface area contributed by atoms with Crippen LogP contribution in [0.1, 0.15) is 31.7 Å². The first-order valence-electron chi connectivity index (χ1n) is 7.71. The SMILES string of the molecule is CCOC(=O)C(CCCCc1ccccc1)=C1N=C(N)NC1=O. The van der Waals surface area contributed by atoms with E-state index in [1.54, 1.807) is 6.92 Å². The number of rotatable bonds is 7. The van der Waals surface area contributed by atoms with E-state index in [1.807, 2.05) is 18.2 Å². The summed E-state index contributed by atoms with van der Waals surface area (Å²) in [5.41, 5.74) is 7.10. The fourth-order valence-electron chi connectivity index (χ4n) is 2.39. The Bertz CT molecular complexity index is 636. The van der Waals surface area contributed by atoms with Gasteiger partial charge in [0.15, 0.2) is 0 Å². The molecule has 122 valence electrons. The summed E-state index contributed by atoms with van der Waals surface area (Å²) in [6, 6.07) is 10.1. The van der Waals surface area contributed by atoms with Gasteiger partial charge in [-0.25, -0.2) is 9.79 Å². The van der Waals surface area contributed by atoms with E-state index >= 15 is 0 Å². The first-order valence-corrected chi connectivity index (χ1v) is 7.71. The van der Waals surface area contributed by atoms with Gasteiger partial charge in [0.2, 0.25) is 5.96 Å². The number of ether oxygens (including phenoxy) is 1. The van der Waals surface area contributed by atoms with Gasteiger partial charge in [-0.1, -0.05) is 30.3 Å². The maximum atomic E-state index is 12.1. The molecule has 0 fully saturated rings. The molecule has 6 heteroatoms. The Kier molecular flexibility index (Phi) is 5.91. The van der Waals surface area contributed by atoms with E-state index in [0.29, 0.717) is 6.42 Å². The molecule has 23 heavy (non-hydrogen) atoms. The first-order chi connectivity index (χ1) is 11.1. The van der Waals surface area contributed by atoms with Crippen molar-refractivity contribution in [1.82, 2.24) is 5.32 Å². The molecule has 3 N–H and O–H groups in total. The Balaban J connectivity index is 2.00. The molecule has 0 atom stereocenters. The number of nitrogens with zero attached hydrogens (tertiary/aromatic N) is 1. The van der Waals surface area contributed by atoms with Crippen LogP contribution >= 0.6 is 0 Å². The summed E-state index contributed by atoms with van der Waals surface area (Å²) in [4.78, 5) is 27.8. The van der Waals surface area contributed by atoms with Gasteiger partial charge in [0.1, 0.15) is 5.70 Å². The highest BCUT2D eigenvalue weighted by Crippen LogP contribution is 2.19. The number of benzene rings is 1. The van der Waals surface area contributed by atoms with Gasteiger partial charge in [-0.3, -0.25) is 10.1 Å². The van der Waals surface area contributed by atoms with E-state index in [4.69, 9.17) is 10.5 Å². The van der Waals surface area contributed by atoms with Crippen LogP contribution in [-0.2, 0) is 20.7 Å². The molecular formula is C17H21N3O3. The second-order valence-electron chi connectivity index (χ2n) is 5.19. The Hall–Kier alpha value is -2.63. The highest BCUT2D eigenvalue weighted by atomic mass is 16.5. The number of esters is 1. The summed E-state index contributed by atoms with van der Waals surface area (Å²) in [6.45, 7) is 1.97. The van der Waals surface area contributed by atoms with Crippen LogP contribution < -0.4 is 11.1 Å². The van der Waals surface area contributed by atoms with Crippen molar-refractivity contribution >= 4 is 17.8 Å². The van der Waals surface area contributed by atoms with Gasteiger partial charge in [-0.05, 0) is 38.2 Å². The normalized spacial score (nSPS) is 15.9. The van der Waals surface area contributed by atoms with Gasteiger partial charge in [0.25, 0.3) is 5.91 Å². The van der Waals surface area contributed by atoms with Gasteiger partial charge in [0.05, 0.1) is 12.2 Å². The molecule has 1 aliphatic rings. The fourth-order valence-corrected chi connectivity index (χ4v) is 2.39. The van der Waals surface area contributed by atoms with Crippen molar-refractivity contribution in [2.75, 3.05) is 6.61 Å².